The molecule has 0 bridgehead atoms. The van der Waals surface area contributed by atoms with E-state index in [0.29, 0.717) is 13.1 Å². The Kier molecular flexibility index (Phi) is 3.39. The molecular formula is C16H17N3O. The van der Waals surface area contributed by atoms with E-state index in [4.69, 9.17) is 5.73 Å². The van der Waals surface area contributed by atoms with Gasteiger partial charge in [-0.1, -0.05) is 36.4 Å². The number of benzene rings is 2. The number of imidazole rings is 1. The number of hydrogen-bond acceptors (Lipinski definition) is 2. The van der Waals surface area contributed by atoms with E-state index in [9.17, 15) is 4.79 Å². The number of H-pyrrole nitrogens is 1. The van der Waals surface area contributed by atoms with Crippen LogP contribution in [0.3, 0.4) is 0 Å². The van der Waals surface area contributed by atoms with E-state index in [1.807, 2.05) is 36.4 Å². The molecule has 0 amide bonds. The Hall–Kier alpha value is -2.33. The number of aryl methyl sites for hydroxylation is 2. The summed E-state index contributed by atoms with van der Waals surface area (Å²) in [5.74, 6) is 0. The quantitative estimate of drug-likeness (QED) is 0.759. The van der Waals surface area contributed by atoms with Gasteiger partial charge in [-0.15, -0.1) is 0 Å². The predicted molar refractivity (Wildman–Crippen MR) is 80.6 cm³/mol. The highest BCUT2D eigenvalue weighted by Crippen LogP contribution is 2.13. The summed E-state index contributed by atoms with van der Waals surface area (Å²) in [4.78, 5) is 14.9. The lowest BCUT2D eigenvalue weighted by molar-refractivity contribution is 0.691. The van der Waals surface area contributed by atoms with E-state index in [1.54, 1.807) is 4.57 Å². The zero-order valence-electron chi connectivity index (χ0n) is 11.2. The van der Waals surface area contributed by atoms with Gasteiger partial charge in [-0.2, -0.15) is 0 Å². The van der Waals surface area contributed by atoms with Gasteiger partial charge in [-0.05, 0) is 29.7 Å². The van der Waals surface area contributed by atoms with Crippen LogP contribution in [0.1, 0.15) is 11.1 Å². The number of aromatic amines is 1. The SMILES string of the molecule is NCc1ccc2c(c1)[nH]c(=O)n2CCc1ccccc1. The second kappa shape index (κ2) is 5.35. The first-order valence-corrected chi connectivity index (χ1v) is 6.73. The first kappa shape index (κ1) is 12.7. The summed E-state index contributed by atoms with van der Waals surface area (Å²) in [5.41, 5.74) is 9.59. The van der Waals surface area contributed by atoms with Crippen molar-refractivity contribution in [2.75, 3.05) is 0 Å². The minimum atomic E-state index is -0.0647. The van der Waals surface area contributed by atoms with E-state index in [2.05, 4.69) is 17.1 Å². The molecule has 0 aliphatic rings. The van der Waals surface area contributed by atoms with Crippen LogP contribution in [0.25, 0.3) is 11.0 Å². The molecule has 0 unspecified atom stereocenters. The van der Waals surface area contributed by atoms with Crippen LogP contribution in [0.2, 0.25) is 0 Å². The van der Waals surface area contributed by atoms with Crippen molar-refractivity contribution < 1.29 is 0 Å². The molecule has 20 heavy (non-hydrogen) atoms. The van der Waals surface area contributed by atoms with E-state index < -0.39 is 0 Å². The molecule has 3 N–H and O–H groups in total. The second-order valence-electron chi connectivity index (χ2n) is 4.87. The van der Waals surface area contributed by atoms with Crippen LogP contribution < -0.4 is 11.4 Å². The van der Waals surface area contributed by atoms with Gasteiger partial charge in [0.05, 0.1) is 11.0 Å². The van der Waals surface area contributed by atoms with E-state index in [1.165, 1.54) is 5.56 Å². The molecule has 3 aromatic rings. The molecule has 1 aromatic heterocycles. The fraction of sp³-hybridized carbons (Fsp3) is 0.188. The van der Waals surface area contributed by atoms with Crippen LogP contribution in [0.15, 0.2) is 53.3 Å². The van der Waals surface area contributed by atoms with Gasteiger partial charge < -0.3 is 10.7 Å². The summed E-state index contributed by atoms with van der Waals surface area (Å²) in [5, 5.41) is 0. The lowest BCUT2D eigenvalue weighted by Gasteiger charge is -2.04. The summed E-state index contributed by atoms with van der Waals surface area (Å²) in [6.45, 7) is 1.15. The first-order valence-electron chi connectivity index (χ1n) is 6.73. The maximum Gasteiger partial charge on any atom is 0.326 e. The van der Waals surface area contributed by atoms with Crippen molar-refractivity contribution in [1.82, 2.24) is 9.55 Å². The topological polar surface area (TPSA) is 63.8 Å². The van der Waals surface area contributed by atoms with Crippen LogP contribution in [0, 0.1) is 0 Å². The number of nitrogens with two attached hydrogens (primary N) is 1. The van der Waals surface area contributed by atoms with Gasteiger partial charge in [0.25, 0.3) is 0 Å². The van der Waals surface area contributed by atoms with Gasteiger partial charge in [0.15, 0.2) is 0 Å². The smallest absolute Gasteiger partial charge is 0.326 e. The molecule has 0 saturated carbocycles. The molecule has 102 valence electrons. The summed E-state index contributed by atoms with van der Waals surface area (Å²) >= 11 is 0. The van der Waals surface area contributed by atoms with Crippen LogP contribution >= 0.6 is 0 Å². The number of fused-ring (bicyclic) bond motifs is 1. The highest BCUT2D eigenvalue weighted by molar-refractivity contribution is 5.76. The van der Waals surface area contributed by atoms with Gasteiger partial charge in [0.1, 0.15) is 0 Å². The molecule has 4 nitrogen and oxygen atoms in total. The molecule has 2 aromatic carbocycles. The molecule has 0 radical (unpaired) electrons. The molecule has 0 atom stereocenters. The van der Waals surface area contributed by atoms with E-state index >= 15 is 0 Å². The van der Waals surface area contributed by atoms with E-state index in [0.717, 1.165) is 23.0 Å². The fourth-order valence-corrected chi connectivity index (χ4v) is 2.45. The molecule has 0 spiro atoms. The van der Waals surface area contributed by atoms with Crippen molar-refractivity contribution in [2.24, 2.45) is 5.73 Å². The Morgan fingerprint density at radius 1 is 1.05 bits per heavy atom. The predicted octanol–water partition coefficient (Wildman–Crippen LogP) is 2.03. The first-order chi connectivity index (χ1) is 9.78. The van der Waals surface area contributed by atoms with Crippen molar-refractivity contribution in [1.29, 1.82) is 0 Å². The molecule has 1 heterocycles. The fourth-order valence-electron chi connectivity index (χ4n) is 2.45. The van der Waals surface area contributed by atoms with Gasteiger partial charge in [-0.25, -0.2) is 4.79 Å². The van der Waals surface area contributed by atoms with Crippen molar-refractivity contribution in [3.63, 3.8) is 0 Å². The Morgan fingerprint density at radius 3 is 2.60 bits per heavy atom. The highest BCUT2D eigenvalue weighted by Gasteiger charge is 2.07. The Bertz CT molecular complexity index is 771. The minimum absolute atomic E-state index is 0.0647. The molecule has 0 aliphatic heterocycles. The molecule has 3 rings (SSSR count). The van der Waals surface area contributed by atoms with Crippen molar-refractivity contribution in [2.45, 2.75) is 19.5 Å². The van der Waals surface area contributed by atoms with Crippen molar-refractivity contribution >= 4 is 11.0 Å². The standard InChI is InChI=1S/C16H17N3O/c17-11-13-6-7-15-14(10-13)18-16(20)19(15)9-8-12-4-2-1-3-5-12/h1-7,10H,8-9,11,17H2,(H,18,20). The number of aromatic nitrogens is 2. The third kappa shape index (κ3) is 2.38. The maximum atomic E-state index is 12.0. The molecule has 0 aliphatic carbocycles. The second-order valence-corrected chi connectivity index (χ2v) is 4.87. The highest BCUT2D eigenvalue weighted by atomic mass is 16.1. The number of hydrogen-bond donors (Lipinski definition) is 2. The summed E-state index contributed by atoms with van der Waals surface area (Å²) in [7, 11) is 0. The third-order valence-corrected chi connectivity index (χ3v) is 3.54. The minimum Gasteiger partial charge on any atom is -0.326 e. The zero-order chi connectivity index (χ0) is 13.9. The average Bonchev–Trinajstić information content (AvgIpc) is 2.80. The molecular weight excluding hydrogens is 250 g/mol. The van der Waals surface area contributed by atoms with Crippen molar-refractivity contribution in [3.8, 4) is 0 Å². The largest absolute Gasteiger partial charge is 0.326 e. The number of nitrogens with one attached hydrogen (secondary N) is 1. The summed E-state index contributed by atoms with van der Waals surface area (Å²) < 4.78 is 1.78. The van der Waals surface area contributed by atoms with Crippen LogP contribution in [-0.4, -0.2) is 9.55 Å². The maximum absolute atomic E-state index is 12.0. The van der Waals surface area contributed by atoms with Crippen LogP contribution in [-0.2, 0) is 19.5 Å². The Balaban J connectivity index is 1.91. The summed E-state index contributed by atoms with van der Waals surface area (Å²) in [6, 6.07) is 16.0. The van der Waals surface area contributed by atoms with Crippen LogP contribution in [0.5, 0.6) is 0 Å². The van der Waals surface area contributed by atoms with E-state index in [-0.39, 0.29) is 5.69 Å². The summed E-state index contributed by atoms with van der Waals surface area (Å²) in [6.07, 6.45) is 0.840. The normalized spacial score (nSPS) is 11.1. The van der Waals surface area contributed by atoms with Gasteiger partial charge in [0.2, 0.25) is 0 Å². The van der Waals surface area contributed by atoms with Crippen molar-refractivity contribution in [3.05, 3.63) is 70.1 Å². The number of nitrogens with zero attached hydrogens (tertiary/aromatic N) is 1. The molecule has 4 heteroatoms. The lowest BCUT2D eigenvalue weighted by atomic mass is 10.1. The van der Waals surface area contributed by atoms with Gasteiger partial charge >= 0.3 is 5.69 Å². The Labute approximate surface area is 116 Å². The average molecular weight is 267 g/mol. The monoisotopic (exact) mass is 267 g/mol. The molecule has 0 fully saturated rings. The lowest BCUT2D eigenvalue weighted by Crippen LogP contribution is -2.17. The van der Waals surface area contributed by atoms with Gasteiger partial charge in [-0.3, -0.25) is 4.57 Å². The Morgan fingerprint density at radius 2 is 1.85 bits per heavy atom. The van der Waals surface area contributed by atoms with Gasteiger partial charge in [0, 0.05) is 13.1 Å². The zero-order valence-corrected chi connectivity index (χ0v) is 11.2. The molecule has 0 saturated heterocycles. The number of rotatable bonds is 4. The van der Waals surface area contributed by atoms with Crippen LogP contribution in [0.4, 0.5) is 0 Å². The third-order valence-electron chi connectivity index (χ3n) is 3.54.